The first kappa shape index (κ1) is 14.6. The number of carboxylic acids is 2. The number of aliphatic carboxylic acids is 2. The van der Waals surface area contributed by atoms with Gasteiger partial charge in [-0.25, -0.2) is 4.79 Å². The van der Waals surface area contributed by atoms with Gasteiger partial charge >= 0.3 is 11.9 Å². The molecule has 0 saturated carbocycles. The number of pyridine rings is 1. The Hall–Kier alpha value is -2.43. The summed E-state index contributed by atoms with van der Waals surface area (Å²) in [6.07, 6.45) is 7.93. The highest BCUT2D eigenvalue weighted by atomic mass is 16.4. The van der Waals surface area contributed by atoms with Gasteiger partial charge < -0.3 is 10.2 Å². The van der Waals surface area contributed by atoms with E-state index in [4.69, 9.17) is 10.2 Å². The van der Waals surface area contributed by atoms with Crippen molar-refractivity contribution < 1.29 is 19.8 Å². The Balaban J connectivity index is 0.000000250. The molecule has 100 valence electrons. The standard InChI is InChI=1S/C9H10O4.C5H5N/c1-9(8(12)13)4-2-3-6(5-9)7(10)11;1-2-4-6-5-3-1/h2-4H,5H2,1H3,(H,10,11)(H,12,13);1-5H/t9-;/m1./s1. The first-order valence-electron chi connectivity index (χ1n) is 5.66. The van der Waals surface area contributed by atoms with Gasteiger partial charge in [0.1, 0.15) is 0 Å². The number of hydrogen-bond donors (Lipinski definition) is 2. The van der Waals surface area contributed by atoms with E-state index in [2.05, 4.69) is 4.98 Å². The largest absolute Gasteiger partial charge is 0.481 e. The van der Waals surface area contributed by atoms with Crippen LogP contribution in [-0.2, 0) is 9.59 Å². The fraction of sp³-hybridized carbons (Fsp3) is 0.214. The van der Waals surface area contributed by atoms with Crippen molar-refractivity contribution in [1.29, 1.82) is 0 Å². The van der Waals surface area contributed by atoms with Crippen LogP contribution in [0.4, 0.5) is 0 Å². The molecule has 2 N–H and O–H groups in total. The highest BCUT2D eigenvalue weighted by Crippen LogP contribution is 2.31. The molecular formula is C14H15NO4. The third-order valence-corrected chi connectivity index (χ3v) is 2.65. The molecule has 0 bridgehead atoms. The van der Waals surface area contributed by atoms with E-state index in [0.717, 1.165) is 0 Å². The van der Waals surface area contributed by atoms with Gasteiger partial charge in [-0.15, -0.1) is 0 Å². The van der Waals surface area contributed by atoms with Gasteiger partial charge in [-0.1, -0.05) is 24.3 Å². The van der Waals surface area contributed by atoms with Gasteiger partial charge in [0.25, 0.3) is 0 Å². The Kier molecular flexibility index (Phi) is 5.00. The maximum Gasteiger partial charge on any atom is 0.331 e. The molecule has 0 saturated heterocycles. The van der Waals surface area contributed by atoms with Gasteiger partial charge in [0.15, 0.2) is 0 Å². The lowest BCUT2D eigenvalue weighted by Gasteiger charge is -2.23. The number of allylic oxidation sites excluding steroid dienone is 2. The van der Waals surface area contributed by atoms with Crippen LogP contribution in [0.3, 0.4) is 0 Å². The maximum absolute atomic E-state index is 10.8. The Morgan fingerprint density at radius 3 is 2.21 bits per heavy atom. The minimum Gasteiger partial charge on any atom is -0.481 e. The number of carboxylic acid groups (broad SMARTS) is 2. The molecule has 1 aromatic heterocycles. The molecule has 0 fully saturated rings. The van der Waals surface area contributed by atoms with Crippen LogP contribution in [0.1, 0.15) is 13.3 Å². The second-order valence-corrected chi connectivity index (χ2v) is 4.28. The summed E-state index contributed by atoms with van der Waals surface area (Å²) in [5.74, 6) is -2.06. The topological polar surface area (TPSA) is 87.5 Å². The smallest absolute Gasteiger partial charge is 0.331 e. The first-order chi connectivity index (χ1) is 8.96. The summed E-state index contributed by atoms with van der Waals surface area (Å²) in [6.45, 7) is 1.50. The third-order valence-electron chi connectivity index (χ3n) is 2.65. The van der Waals surface area contributed by atoms with Gasteiger partial charge in [0.05, 0.1) is 5.41 Å². The molecule has 0 amide bonds. The second kappa shape index (κ2) is 6.49. The Morgan fingerprint density at radius 2 is 1.84 bits per heavy atom. The van der Waals surface area contributed by atoms with Crippen molar-refractivity contribution in [1.82, 2.24) is 4.98 Å². The average molecular weight is 261 g/mol. The molecule has 0 aromatic carbocycles. The molecule has 2 rings (SSSR count). The zero-order chi connectivity index (χ0) is 14.3. The van der Waals surface area contributed by atoms with Crippen LogP contribution in [-0.4, -0.2) is 27.1 Å². The summed E-state index contributed by atoms with van der Waals surface area (Å²) in [5.41, 5.74) is -0.949. The predicted octanol–water partition coefficient (Wildman–Crippen LogP) is 2.13. The summed E-state index contributed by atoms with van der Waals surface area (Å²) in [6, 6.07) is 5.72. The zero-order valence-electron chi connectivity index (χ0n) is 10.5. The average Bonchev–Trinajstić information content (AvgIpc) is 2.41. The van der Waals surface area contributed by atoms with E-state index in [1.165, 1.54) is 25.2 Å². The van der Waals surface area contributed by atoms with Crippen molar-refractivity contribution in [2.75, 3.05) is 0 Å². The molecule has 0 aliphatic heterocycles. The Labute approximate surface area is 110 Å². The highest BCUT2D eigenvalue weighted by molar-refractivity contribution is 5.90. The molecule has 1 atom stereocenters. The summed E-state index contributed by atoms with van der Waals surface area (Å²) >= 11 is 0. The van der Waals surface area contributed by atoms with E-state index in [1.54, 1.807) is 12.4 Å². The zero-order valence-corrected chi connectivity index (χ0v) is 10.5. The molecule has 19 heavy (non-hydrogen) atoms. The molecular weight excluding hydrogens is 246 g/mol. The van der Waals surface area contributed by atoms with Gasteiger partial charge in [0.2, 0.25) is 0 Å². The lowest BCUT2D eigenvalue weighted by molar-refractivity contribution is -0.145. The molecule has 0 spiro atoms. The minimum absolute atomic E-state index is 0.0359. The van der Waals surface area contributed by atoms with Crippen LogP contribution in [0.25, 0.3) is 0 Å². The van der Waals surface area contributed by atoms with Crippen molar-refractivity contribution in [3.05, 3.63) is 54.4 Å². The van der Waals surface area contributed by atoms with Crippen molar-refractivity contribution in [3.8, 4) is 0 Å². The summed E-state index contributed by atoms with van der Waals surface area (Å²) < 4.78 is 0. The summed E-state index contributed by atoms with van der Waals surface area (Å²) in [4.78, 5) is 25.1. The van der Waals surface area contributed by atoms with Gasteiger partial charge in [0, 0.05) is 18.0 Å². The van der Waals surface area contributed by atoms with Crippen LogP contribution in [0.5, 0.6) is 0 Å². The lowest BCUT2D eigenvalue weighted by atomic mass is 9.80. The van der Waals surface area contributed by atoms with Crippen molar-refractivity contribution in [2.24, 2.45) is 5.41 Å². The first-order valence-corrected chi connectivity index (χ1v) is 5.66. The monoisotopic (exact) mass is 261 g/mol. The van der Waals surface area contributed by atoms with E-state index < -0.39 is 17.4 Å². The fourth-order valence-corrected chi connectivity index (χ4v) is 1.50. The molecule has 0 radical (unpaired) electrons. The third kappa shape index (κ3) is 4.39. The molecule has 1 aliphatic rings. The van der Waals surface area contributed by atoms with Crippen LogP contribution in [0.2, 0.25) is 0 Å². The molecule has 0 unspecified atom stereocenters. The van der Waals surface area contributed by atoms with E-state index in [-0.39, 0.29) is 12.0 Å². The fourth-order valence-electron chi connectivity index (χ4n) is 1.50. The van der Waals surface area contributed by atoms with Crippen LogP contribution in [0, 0.1) is 5.41 Å². The maximum atomic E-state index is 10.8. The van der Waals surface area contributed by atoms with Crippen LogP contribution < -0.4 is 0 Å². The van der Waals surface area contributed by atoms with E-state index >= 15 is 0 Å². The van der Waals surface area contributed by atoms with E-state index in [1.807, 2.05) is 18.2 Å². The Morgan fingerprint density at radius 1 is 1.21 bits per heavy atom. The quantitative estimate of drug-likeness (QED) is 0.851. The van der Waals surface area contributed by atoms with Crippen LogP contribution in [0.15, 0.2) is 54.4 Å². The molecule has 1 aromatic rings. The SMILES string of the molecule is C[C@@]1(C(=O)O)C=CC=C(C(=O)O)C1.c1ccncc1. The number of carbonyl (C=O) groups is 2. The van der Waals surface area contributed by atoms with E-state index in [9.17, 15) is 9.59 Å². The van der Waals surface area contributed by atoms with Crippen molar-refractivity contribution in [2.45, 2.75) is 13.3 Å². The Bertz CT molecular complexity index is 481. The highest BCUT2D eigenvalue weighted by Gasteiger charge is 2.34. The molecule has 1 heterocycles. The van der Waals surface area contributed by atoms with Crippen molar-refractivity contribution in [3.63, 3.8) is 0 Å². The summed E-state index contributed by atoms with van der Waals surface area (Å²) in [7, 11) is 0. The number of rotatable bonds is 2. The molecule has 1 aliphatic carbocycles. The molecule has 5 heteroatoms. The number of aromatic nitrogens is 1. The van der Waals surface area contributed by atoms with E-state index in [0.29, 0.717) is 0 Å². The lowest BCUT2D eigenvalue weighted by Crippen LogP contribution is -2.28. The van der Waals surface area contributed by atoms with Crippen molar-refractivity contribution >= 4 is 11.9 Å². The number of nitrogens with zero attached hydrogens (tertiary/aromatic N) is 1. The summed E-state index contributed by atoms with van der Waals surface area (Å²) in [5, 5.41) is 17.5. The van der Waals surface area contributed by atoms with Gasteiger partial charge in [-0.2, -0.15) is 0 Å². The second-order valence-electron chi connectivity index (χ2n) is 4.28. The molecule has 5 nitrogen and oxygen atoms in total. The predicted molar refractivity (Wildman–Crippen MR) is 69.5 cm³/mol. The van der Waals surface area contributed by atoms with Gasteiger partial charge in [-0.3, -0.25) is 9.78 Å². The van der Waals surface area contributed by atoms with Crippen LogP contribution >= 0.6 is 0 Å². The normalized spacial score (nSPS) is 20.8. The number of hydrogen-bond acceptors (Lipinski definition) is 3. The van der Waals surface area contributed by atoms with Gasteiger partial charge in [-0.05, 0) is 25.5 Å². The minimum atomic E-state index is -1.08.